The molecular formula is C45H52ClN10O6P. The lowest BCUT2D eigenvalue weighted by Crippen LogP contribution is -2.56. The van der Waals surface area contributed by atoms with E-state index in [9.17, 15) is 23.7 Å². The monoisotopic (exact) mass is 894 g/mol. The molecule has 0 radical (unpaired) electrons. The van der Waals surface area contributed by atoms with Crippen molar-refractivity contribution in [2.75, 3.05) is 99.8 Å². The second kappa shape index (κ2) is 17.6. The second-order valence-corrected chi connectivity index (χ2v) is 21.0. The molecule has 3 aromatic carbocycles. The summed E-state index contributed by atoms with van der Waals surface area (Å²) in [6.07, 6.45) is 4.01. The van der Waals surface area contributed by atoms with E-state index < -0.39 is 30.9 Å². The molecule has 9 rings (SSSR count). The molecule has 63 heavy (non-hydrogen) atoms. The number of rotatable bonds is 12. The van der Waals surface area contributed by atoms with E-state index in [2.05, 4.69) is 51.6 Å². The molecule has 0 spiro atoms. The first kappa shape index (κ1) is 42.7. The van der Waals surface area contributed by atoms with Gasteiger partial charge in [0, 0.05) is 81.3 Å². The minimum absolute atomic E-state index is 0.0943. The van der Waals surface area contributed by atoms with Gasteiger partial charge in [-0.1, -0.05) is 29.8 Å². The maximum absolute atomic E-state index is 13.6. The van der Waals surface area contributed by atoms with E-state index in [1.165, 1.54) is 6.20 Å². The number of carbonyl (C=O) groups excluding carboxylic acids is 4. The number of anilines is 6. The Morgan fingerprint density at radius 3 is 2.35 bits per heavy atom. The molecule has 330 valence electrons. The highest BCUT2D eigenvalue weighted by molar-refractivity contribution is 7.70. The summed E-state index contributed by atoms with van der Waals surface area (Å²) < 4.78 is 18.7. The Balaban J connectivity index is 0.742. The summed E-state index contributed by atoms with van der Waals surface area (Å²) in [6, 6.07) is 18.5. The number of fused-ring (bicyclic) bond motifs is 1. The quantitative estimate of drug-likeness (QED) is 0.128. The molecule has 1 aromatic heterocycles. The number of halogens is 1. The lowest BCUT2D eigenvalue weighted by atomic mass is 9.94. The Morgan fingerprint density at radius 2 is 1.62 bits per heavy atom. The summed E-state index contributed by atoms with van der Waals surface area (Å²) >= 11 is 6.49. The van der Waals surface area contributed by atoms with Crippen LogP contribution in [-0.4, -0.2) is 140 Å². The van der Waals surface area contributed by atoms with Gasteiger partial charge in [0.15, 0.2) is 5.82 Å². The molecule has 18 heteroatoms. The van der Waals surface area contributed by atoms with Gasteiger partial charge in [0.25, 0.3) is 11.8 Å². The Hall–Kier alpha value is -5.54. The number of methoxy groups -OCH3 is 1. The van der Waals surface area contributed by atoms with E-state index in [0.717, 1.165) is 93.7 Å². The number of ether oxygens (including phenoxy) is 1. The van der Waals surface area contributed by atoms with Crippen molar-refractivity contribution in [3.8, 4) is 5.75 Å². The molecule has 0 bridgehead atoms. The van der Waals surface area contributed by atoms with E-state index >= 15 is 0 Å². The van der Waals surface area contributed by atoms with Gasteiger partial charge in [0.05, 0.1) is 41.5 Å². The van der Waals surface area contributed by atoms with E-state index in [4.69, 9.17) is 16.3 Å². The minimum atomic E-state index is -2.55. The standard InChI is InChI=1S/C45H52ClN10O6P/c1-62-37-23-30(11-12-33(37)49-45-47-24-32(46)41(51-45)48-34-8-4-5-10-38(34)63(2,3)61)54-21-19-53(20-22-54)29-15-17-52(18-16-29)25-28-26-55(27-28)35-9-6-7-31-40(35)44(60)56(43(31)59)36-13-14-39(57)50-42(36)58/h4-12,23-24,28-29,36H,13-22,25-27H2,1-3H3,(H,50,57,58)(H2,47,48,49,51). The normalized spacial score (nSPS) is 20.4. The van der Waals surface area contributed by atoms with Crippen LogP contribution in [-0.2, 0) is 14.2 Å². The van der Waals surface area contributed by atoms with Crippen molar-refractivity contribution in [3.05, 3.63) is 83.0 Å². The van der Waals surface area contributed by atoms with Gasteiger partial charge in [0.2, 0.25) is 17.8 Å². The number of aromatic nitrogens is 2. The van der Waals surface area contributed by atoms with E-state index in [-0.39, 0.29) is 18.7 Å². The third-order valence-corrected chi connectivity index (χ3v) is 14.8. The Kier molecular flexibility index (Phi) is 11.9. The number of piperazine rings is 1. The maximum atomic E-state index is 13.6. The van der Waals surface area contributed by atoms with Gasteiger partial charge in [-0.25, -0.2) is 4.98 Å². The summed E-state index contributed by atoms with van der Waals surface area (Å²) in [5.41, 5.74) is 3.90. The average Bonchev–Trinajstić information content (AvgIpc) is 3.52. The summed E-state index contributed by atoms with van der Waals surface area (Å²) in [5, 5.41) is 9.85. The van der Waals surface area contributed by atoms with E-state index in [1.54, 1.807) is 32.6 Å². The van der Waals surface area contributed by atoms with Crippen LogP contribution in [0.1, 0.15) is 46.4 Å². The number of hydrogen-bond acceptors (Lipinski definition) is 14. The molecule has 6 heterocycles. The average molecular weight is 895 g/mol. The first-order valence-corrected chi connectivity index (χ1v) is 24.5. The largest absolute Gasteiger partial charge is 0.494 e. The number of piperidine rings is 2. The summed E-state index contributed by atoms with van der Waals surface area (Å²) in [4.78, 5) is 71.0. The zero-order chi connectivity index (χ0) is 44.0. The maximum Gasteiger partial charge on any atom is 0.264 e. The van der Waals surface area contributed by atoms with Gasteiger partial charge in [-0.3, -0.25) is 34.3 Å². The fourth-order valence-electron chi connectivity index (χ4n) is 9.61. The fraction of sp³-hybridized carbons (Fsp3) is 0.422. The van der Waals surface area contributed by atoms with Crippen LogP contribution in [0.25, 0.3) is 0 Å². The van der Waals surface area contributed by atoms with Gasteiger partial charge >= 0.3 is 0 Å². The third-order valence-electron chi connectivity index (χ3n) is 12.9. The first-order chi connectivity index (χ1) is 30.3. The number of amides is 4. The van der Waals surface area contributed by atoms with Gasteiger partial charge in [-0.15, -0.1) is 0 Å². The Bertz CT molecular complexity index is 2500. The topological polar surface area (TPSA) is 173 Å². The minimum Gasteiger partial charge on any atom is -0.494 e. The SMILES string of the molecule is COc1cc(N2CCN(C3CCN(CC4CN(c5cccc6c5C(=O)N(C5CCC(=O)NC5=O)C6=O)C4)CC3)CC2)ccc1Nc1ncc(Cl)c(Nc2ccccc2P(C)(C)=O)n1. The molecule has 16 nitrogen and oxygen atoms in total. The molecule has 1 atom stereocenters. The number of imide groups is 2. The van der Waals surface area contributed by atoms with E-state index in [0.29, 0.717) is 56.6 Å². The summed E-state index contributed by atoms with van der Waals surface area (Å²) in [7, 11) is -0.906. The summed E-state index contributed by atoms with van der Waals surface area (Å²) in [6.45, 7) is 11.9. The van der Waals surface area contributed by atoms with Crippen LogP contribution in [0.15, 0.2) is 66.9 Å². The summed E-state index contributed by atoms with van der Waals surface area (Å²) in [5.74, 6) is -0.0631. The van der Waals surface area contributed by atoms with E-state index in [1.807, 2.05) is 42.5 Å². The highest BCUT2D eigenvalue weighted by Gasteiger charge is 2.47. The number of nitrogens with one attached hydrogen (secondary N) is 3. The molecule has 5 aliphatic heterocycles. The zero-order valence-corrected chi connectivity index (χ0v) is 37.3. The van der Waals surface area contributed by atoms with Crippen molar-refractivity contribution < 1.29 is 28.5 Å². The van der Waals surface area contributed by atoms with Crippen molar-refractivity contribution in [2.45, 2.75) is 37.8 Å². The molecule has 3 N–H and O–H groups in total. The highest BCUT2D eigenvalue weighted by Crippen LogP contribution is 2.40. The van der Waals surface area contributed by atoms with Crippen molar-refractivity contribution in [1.29, 1.82) is 0 Å². The predicted molar refractivity (Wildman–Crippen MR) is 244 cm³/mol. The smallest absolute Gasteiger partial charge is 0.264 e. The molecule has 5 aliphatic rings. The number of likely N-dealkylation sites (tertiary alicyclic amines) is 1. The van der Waals surface area contributed by atoms with Crippen LogP contribution < -0.4 is 35.8 Å². The van der Waals surface area contributed by atoms with Gasteiger partial charge < -0.3 is 34.6 Å². The van der Waals surface area contributed by atoms with Crippen molar-refractivity contribution in [3.63, 3.8) is 0 Å². The van der Waals surface area contributed by atoms with Crippen LogP contribution in [0.4, 0.5) is 34.5 Å². The molecule has 0 aliphatic carbocycles. The van der Waals surface area contributed by atoms with Crippen LogP contribution in [0.2, 0.25) is 5.02 Å². The number of carbonyl (C=O) groups is 4. The number of para-hydroxylation sites is 1. The van der Waals surface area contributed by atoms with Crippen molar-refractivity contribution >= 4 is 82.2 Å². The number of benzene rings is 3. The van der Waals surface area contributed by atoms with Crippen LogP contribution >= 0.6 is 18.7 Å². The molecule has 0 saturated carbocycles. The second-order valence-electron chi connectivity index (χ2n) is 17.4. The zero-order valence-electron chi connectivity index (χ0n) is 35.7. The van der Waals surface area contributed by atoms with Crippen molar-refractivity contribution in [1.82, 2.24) is 30.0 Å². The fourth-order valence-corrected chi connectivity index (χ4v) is 10.9. The van der Waals surface area contributed by atoms with Crippen LogP contribution in [0.5, 0.6) is 5.75 Å². The Morgan fingerprint density at radius 1 is 0.857 bits per heavy atom. The first-order valence-electron chi connectivity index (χ1n) is 21.5. The van der Waals surface area contributed by atoms with Crippen LogP contribution in [0, 0.1) is 5.92 Å². The number of nitrogens with zero attached hydrogens (tertiary/aromatic N) is 7. The highest BCUT2D eigenvalue weighted by atomic mass is 35.5. The lowest BCUT2D eigenvalue weighted by Gasteiger charge is -2.46. The molecule has 4 saturated heterocycles. The lowest BCUT2D eigenvalue weighted by molar-refractivity contribution is -0.136. The van der Waals surface area contributed by atoms with Gasteiger partial charge in [-0.05, 0) is 82.1 Å². The molecule has 4 aromatic rings. The molecule has 1 unspecified atom stereocenters. The molecular weight excluding hydrogens is 843 g/mol. The Labute approximate surface area is 371 Å². The predicted octanol–water partition coefficient (Wildman–Crippen LogP) is 5.00. The van der Waals surface area contributed by atoms with Crippen LogP contribution in [0.3, 0.4) is 0 Å². The molecule has 4 fully saturated rings. The van der Waals surface area contributed by atoms with Gasteiger partial charge in [0.1, 0.15) is 24.0 Å². The van der Waals surface area contributed by atoms with Gasteiger partial charge in [-0.2, -0.15) is 4.98 Å². The molecule has 4 amide bonds. The third kappa shape index (κ3) is 8.73. The van der Waals surface area contributed by atoms with Crippen molar-refractivity contribution in [2.24, 2.45) is 5.92 Å². The number of hydrogen-bond donors (Lipinski definition) is 3.